The van der Waals surface area contributed by atoms with E-state index in [0.717, 1.165) is 36.1 Å². The van der Waals surface area contributed by atoms with Crippen LogP contribution in [-0.4, -0.2) is 32.9 Å². The first-order valence-corrected chi connectivity index (χ1v) is 12.4. The number of alkyl halides is 3. The van der Waals surface area contributed by atoms with E-state index in [0.29, 0.717) is 35.5 Å². The number of aromatic nitrogens is 2. The smallest absolute Gasteiger partial charge is 0.416 e. The van der Waals surface area contributed by atoms with Crippen molar-refractivity contribution in [3.05, 3.63) is 87.3 Å². The molecule has 2 aromatic carbocycles. The third kappa shape index (κ3) is 5.46. The lowest BCUT2D eigenvalue weighted by atomic mass is 9.82. The topological polar surface area (TPSA) is 85.7 Å². The summed E-state index contributed by atoms with van der Waals surface area (Å²) < 4.78 is 45.4. The zero-order valence-corrected chi connectivity index (χ0v) is 20.8. The van der Waals surface area contributed by atoms with Crippen molar-refractivity contribution in [1.82, 2.24) is 14.6 Å². The predicted octanol–water partition coefficient (Wildman–Crippen LogP) is 5.15. The molecule has 0 bridgehead atoms. The molecule has 3 aromatic rings. The predicted molar refractivity (Wildman–Crippen MR) is 133 cm³/mol. The molecule has 5 rings (SSSR count). The SMILES string of the molecule is CC1(OC(=O)N2CCc3nc(NCc4ccc(C(F)(F)F)cc4)n(Oc4ccccc4)c(=O)c3C2)CCC1. The second kappa shape index (κ2) is 10.0. The van der Waals surface area contributed by atoms with Gasteiger partial charge in [0.05, 0.1) is 23.4 Å². The molecule has 11 heteroatoms. The number of para-hydroxylation sites is 1. The van der Waals surface area contributed by atoms with Gasteiger partial charge in [0.2, 0.25) is 5.95 Å². The van der Waals surface area contributed by atoms with E-state index in [4.69, 9.17) is 9.57 Å². The molecule has 1 amide bonds. The van der Waals surface area contributed by atoms with Gasteiger partial charge in [0.15, 0.2) is 5.75 Å². The average molecular weight is 529 g/mol. The Morgan fingerprint density at radius 1 is 1.11 bits per heavy atom. The third-order valence-electron chi connectivity index (χ3n) is 6.87. The molecule has 0 radical (unpaired) electrons. The van der Waals surface area contributed by atoms with Crippen LogP contribution in [0.5, 0.6) is 5.75 Å². The Morgan fingerprint density at radius 2 is 1.82 bits per heavy atom. The zero-order valence-electron chi connectivity index (χ0n) is 20.8. The first-order chi connectivity index (χ1) is 18.1. The van der Waals surface area contributed by atoms with Crippen LogP contribution < -0.4 is 15.7 Å². The van der Waals surface area contributed by atoms with E-state index in [1.165, 1.54) is 17.0 Å². The number of anilines is 1. The summed E-state index contributed by atoms with van der Waals surface area (Å²) in [6, 6.07) is 13.4. The van der Waals surface area contributed by atoms with Gasteiger partial charge in [0.25, 0.3) is 5.56 Å². The molecule has 2 heterocycles. The highest BCUT2D eigenvalue weighted by Crippen LogP contribution is 2.35. The molecule has 0 unspecified atom stereocenters. The van der Waals surface area contributed by atoms with Crippen molar-refractivity contribution >= 4 is 12.0 Å². The highest BCUT2D eigenvalue weighted by molar-refractivity contribution is 5.68. The molecule has 1 fully saturated rings. The summed E-state index contributed by atoms with van der Waals surface area (Å²) in [5.74, 6) is 0.495. The number of ether oxygens (including phenoxy) is 1. The average Bonchev–Trinajstić information content (AvgIpc) is 2.88. The quantitative estimate of drug-likeness (QED) is 0.476. The van der Waals surface area contributed by atoms with Gasteiger partial charge in [0, 0.05) is 19.5 Å². The summed E-state index contributed by atoms with van der Waals surface area (Å²) in [7, 11) is 0. The number of halogens is 3. The van der Waals surface area contributed by atoms with Gasteiger partial charge in [-0.15, -0.1) is 4.73 Å². The summed E-state index contributed by atoms with van der Waals surface area (Å²) in [5.41, 5.74) is -0.277. The molecule has 8 nitrogen and oxygen atoms in total. The minimum Gasteiger partial charge on any atom is -0.443 e. The highest BCUT2D eigenvalue weighted by atomic mass is 19.4. The van der Waals surface area contributed by atoms with Gasteiger partial charge in [-0.1, -0.05) is 30.3 Å². The van der Waals surface area contributed by atoms with Crippen molar-refractivity contribution in [2.24, 2.45) is 0 Å². The van der Waals surface area contributed by atoms with Gasteiger partial charge in [-0.25, -0.2) is 9.78 Å². The molecule has 1 aliphatic carbocycles. The first-order valence-electron chi connectivity index (χ1n) is 12.4. The van der Waals surface area contributed by atoms with Crippen molar-refractivity contribution in [2.45, 2.75) is 57.5 Å². The number of fused-ring (bicyclic) bond motifs is 1. The fourth-order valence-corrected chi connectivity index (χ4v) is 4.44. The van der Waals surface area contributed by atoms with Crippen LogP contribution in [0.25, 0.3) is 0 Å². The maximum absolute atomic E-state index is 13.6. The van der Waals surface area contributed by atoms with Gasteiger partial charge in [-0.05, 0) is 56.0 Å². The fraction of sp³-hybridized carbons (Fsp3) is 0.370. The summed E-state index contributed by atoms with van der Waals surface area (Å²) in [4.78, 5) is 38.3. The van der Waals surface area contributed by atoms with Crippen LogP contribution in [0.4, 0.5) is 23.9 Å². The van der Waals surface area contributed by atoms with Gasteiger partial charge in [-0.2, -0.15) is 13.2 Å². The molecule has 1 saturated carbocycles. The van der Waals surface area contributed by atoms with E-state index >= 15 is 0 Å². The highest BCUT2D eigenvalue weighted by Gasteiger charge is 2.38. The number of nitrogens with one attached hydrogen (secondary N) is 1. The van der Waals surface area contributed by atoms with E-state index in [1.807, 2.05) is 6.92 Å². The zero-order chi connectivity index (χ0) is 26.9. The van der Waals surface area contributed by atoms with Crippen molar-refractivity contribution < 1.29 is 27.5 Å². The molecule has 0 saturated heterocycles. The molecule has 200 valence electrons. The molecule has 2 aliphatic rings. The molecular weight excluding hydrogens is 501 g/mol. The summed E-state index contributed by atoms with van der Waals surface area (Å²) in [6.07, 6.45) is -1.89. The minimum absolute atomic E-state index is 0.0351. The number of rotatable bonds is 6. The van der Waals surface area contributed by atoms with Crippen molar-refractivity contribution in [3.63, 3.8) is 0 Å². The number of carbonyl (C=O) groups excluding carboxylic acids is 1. The summed E-state index contributed by atoms with van der Waals surface area (Å²) >= 11 is 0. The third-order valence-corrected chi connectivity index (χ3v) is 6.87. The Balaban J connectivity index is 1.40. The van der Waals surface area contributed by atoms with E-state index in [2.05, 4.69) is 10.3 Å². The summed E-state index contributed by atoms with van der Waals surface area (Å²) in [5, 5.41) is 3.02. The van der Waals surface area contributed by atoms with Crippen LogP contribution in [0.15, 0.2) is 59.4 Å². The lowest BCUT2D eigenvalue weighted by Gasteiger charge is -2.39. The normalized spacial score (nSPS) is 16.3. The van der Waals surface area contributed by atoms with Crippen LogP contribution in [0.2, 0.25) is 0 Å². The Morgan fingerprint density at radius 3 is 2.45 bits per heavy atom. The molecule has 38 heavy (non-hydrogen) atoms. The number of nitrogens with zero attached hydrogens (tertiary/aromatic N) is 3. The number of hydrogen-bond donors (Lipinski definition) is 1. The number of amides is 1. The maximum Gasteiger partial charge on any atom is 0.416 e. The Kier molecular flexibility index (Phi) is 6.77. The Hall–Kier alpha value is -4.02. The molecule has 0 spiro atoms. The Bertz CT molecular complexity index is 1370. The maximum atomic E-state index is 13.6. The van der Waals surface area contributed by atoms with Crippen LogP contribution >= 0.6 is 0 Å². The second-order valence-corrected chi connectivity index (χ2v) is 9.76. The second-order valence-electron chi connectivity index (χ2n) is 9.76. The van der Waals surface area contributed by atoms with Gasteiger partial charge >= 0.3 is 12.3 Å². The number of benzene rings is 2. The first kappa shape index (κ1) is 25.6. The van der Waals surface area contributed by atoms with E-state index in [1.54, 1.807) is 30.3 Å². The van der Waals surface area contributed by atoms with Crippen molar-refractivity contribution in [1.29, 1.82) is 0 Å². The lowest BCUT2D eigenvalue weighted by Crippen LogP contribution is -2.47. The number of carbonyl (C=O) groups is 1. The van der Waals surface area contributed by atoms with Crippen LogP contribution in [-0.2, 0) is 30.4 Å². The van der Waals surface area contributed by atoms with Crippen molar-refractivity contribution in [2.75, 3.05) is 11.9 Å². The Labute approximate surface area is 217 Å². The van der Waals surface area contributed by atoms with Gasteiger partial charge in [0.1, 0.15) is 5.60 Å². The lowest BCUT2D eigenvalue weighted by molar-refractivity contribution is -0.137. The van der Waals surface area contributed by atoms with Gasteiger partial charge < -0.3 is 19.8 Å². The molecule has 1 aromatic heterocycles. The minimum atomic E-state index is -4.42. The standard InChI is InChI=1S/C27H27F3N4O4/c1-26(13-5-14-26)37-25(36)33-15-12-22-21(17-33)23(35)34(38-20-6-3-2-4-7-20)24(32-22)31-16-18-8-10-19(11-9-18)27(28,29)30/h2-4,6-11H,5,12-17H2,1H3,(H,31,32). The summed E-state index contributed by atoms with van der Waals surface area (Å²) in [6.45, 7) is 2.39. The molecule has 0 atom stereocenters. The fourth-order valence-electron chi connectivity index (χ4n) is 4.44. The van der Waals surface area contributed by atoms with Crippen LogP contribution in [0.3, 0.4) is 0 Å². The van der Waals surface area contributed by atoms with E-state index in [9.17, 15) is 22.8 Å². The van der Waals surface area contributed by atoms with Crippen molar-refractivity contribution in [3.8, 4) is 5.75 Å². The van der Waals surface area contributed by atoms with E-state index < -0.39 is 29.0 Å². The molecular formula is C27H27F3N4O4. The van der Waals surface area contributed by atoms with Gasteiger partial charge in [-0.3, -0.25) is 4.79 Å². The van der Waals surface area contributed by atoms with Crippen LogP contribution in [0, 0.1) is 0 Å². The van der Waals surface area contributed by atoms with E-state index in [-0.39, 0.29) is 19.0 Å². The monoisotopic (exact) mass is 528 g/mol. The largest absolute Gasteiger partial charge is 0.443 e. The molecule has 1 N–H and O–H groups in total. The molecule has 1 aliphatic heterocycles. The van der Waals surface area contributed by atoms with Crippen LogP contribution in [0.1, 0.15) is 48.6 Å². The number of hydrogen-bond acceptors (Lipinski definition) is 6.